The molecule has 0 aliphatic carbocycles. The van der Waals surface area contributed by atoms with Gasteiger partial charge in [0, 0.05) is 50.6 Å². The van der Waals surface area contributed by atoms with Crippen LogP contribution < -0.4 is 10.2 Å². The lowest BCUT2D eigenvalue weighted by Crippen LogP contribution is -2.51. The van der Waals surface area contributed by atoms with E-state index in [0.29, 0.717) is 19.4 Å². The quantitative estimate of drug-likeness (QED) is 0.414. The smallest absolute Gasteiger partial charge is 0.243 e. The number of hydrogen-bond acceptors (Lipinski definition) is 9. The van der Waals surface area contributed by atoms with Crippen molar-refractivity contribution in [3.8, 4) is 0 Å². The fourth-order valence-electron chi connectivity index (χ4n) is 5.46. The molecule has 8 nitrogen and oxygen atoms in total. The normalized spacial score (nSPS) is 23.7. The summed E-state index contributed by atoms with van der Waals surface area (Å²) in [7, 11) is 0. The lowest BCUT2D eigenvalue weighted by molar-refractivity contribution is -0.137. The zero-order valence-corrected chi connectivity index (χ0v) is 21.3. The van der Waals surface area contributed by atoms with Crippen molar-refractivity contribution in [2.75, 3.05) is 31.1 Å². The molecule has 3 aliphatic rings. The Morgan fingerprint density at radius 3 is 2.77 bits per heavy atom. The minimum absolute atomic E-state index is 0.139. The Kier molecular flexibility index (Phi) is 6.00. The van der Waals surface area contributed by atoms with E-state index in [1.54, 1.807) is 17.7 Å². The number of fused-ring (bicyclic) bond motifs is 2. The minimum Gasteiger partial charge on any atom is -0.353 e. The van der Waals surface area contributed by atoms with Crippen molar-refractivity contribution in [2.24, 2.45) is 0 Å². The van der Waals surface area contributed by atoms with Gasteiger partial charge in [-0.25, -0.2) is 9.97 Å². The van der Waals surface area contributed by atoms with Crippen molar-refractivity contribution in [1.82, 2.24) is 25.1 Å². The van der Waals surface area contributed by atoms with E-state index < -0.39 is 0 Å². The van der Waals surface area contributed by atoms with Crippen LogP contribution in [0.3, 0.4) is 0 Å². The Morgan fingerprint density at radius 2 is 1.97 bits per heavy atom. The number of carbonyl (C=O) groups excluding carboxylic acids is 2. The van der Waals surface area contributed by atoms with Crippen LogP contribution in [0.5, 0.6) is 0 Å². The number of thiol groups is 1. The molecule has 2 atom stereocenters. The number of anilines is 1. The second-order valence-corrected chi connectivity index (χ2v) is 11.3. The number of piperazine rings is 1. The molecule has 6 rings (SSSR count). The highest BCUT2D eigenvalue weighted by Gasteiger charge is 2.39. The molecular weight excluding hydrogens is 480 g/mol. The number of aromatic nitrogens is 2. The number of nitrogens with one attached hydrogen (secondary N) is 1. The average Bonchev–Trinajstić information content (AvgIpc) is 3.38. The van der Waals surface area contributed by atoms with Gasteiger partial charge >= 0.3 is 0 Å². The predicted molar refractivity (Wildman–Crippen MR) is 140 cm³/mol. The third kappa shape index (κ3) is 4.33. The second kappa shape index (κ2) is 9.16. The van der Waals surface area contributed by atoms with E-state index in [9.17, 15) is 9.59 Å². The van der Waals surface area contributed by atoms with Crippen LogP contribution in [0.4, 0.5) is 5.82 Å². The van der Waals surface area contributed by atoms with Gasteiger partial charge in [-0.05, 0) is 36.1 Å². The molecule has 3 aromatic rings. The molecule has 3 aliphatic heterocycles. The Bertz CT molecular complexity index is 1300. The summed E-state index contributed by atoms with van der Waals surface area (Å²) in [5.74, 6) is 0.656. The van der Waals surface area contributed by atoms with E-state index in [0.717, 1.165) is 48.8 Å². The van der Waals surface area contributed by atoms with Crippen molar-refractivity contribution in [1.29, 1.82) is 0 Å². The summed E-state index contributed by atoms with van der Waals surface area (Å²) in [5.41, 5.74) is 3.65. The SMILES string of the molecule is Cc1cc2c(N3CCN(Cc4ccc5c(c4)C(S)N(C4CCC(=O)NC4=O)C5)CC3)ncnc2s1. The molecule has 182 valence electrons. The van der Waals surface area contributed by atoms with Crippen LogP contribution >= 0.6 is 24.0 Å². The van der Waals surface area contributed by atoms with Gasteiger partial charge in [0.15, 0.2) is 0 Å². The fraction of sp³-hybridized carbons (Fsp3) is 0.440. The number of benzene rings is 1. The molecule has 35 heavy (non-hydrogen) atoms. The largest absolute Gasteiger partial charge is 0.353 e. The third-order valence-corrected chi connectivity index (χ3v) is 8.81. The topological polar surface area (TPSA) is 81.7 Å². The van der Waals surface area contributed by atoms with Crippen LogP contribution in [0.1, 0.15) is 39.8 Å². The van der Waals surface area contributed by atoms with Crippen LogP contribution in [0, 0.1) is 6.92 Å². The number of carbonyl (C=O) groups is 2. The molecule has 0 bridgehead atoms. The number of nitrogens with zero attached hydrogens (tertiary/aromatic N) is 5. The van der Waals surface area contributed by atoms with Crippen LogP contribution in [0.25, 0.3) is 10.2 Å². The van der Waals surface area contributed by atoms with E-state index >= 15 is 0 Å². The molecule has 1 N–H and O–H groups in total. The van der Waals surface area contributed by atoms with Gasteiger partial charge in [0.2, 0.25) is 11.8 Å². The Labute approximate surface area is 213 Å². The molecular formula is C25H28N6O2S2. The molecule has 0 spiro atoms. The number of hydrogen-bond donors (Lipinski definition) is 2. The fourth-order valence-corrected chi connectivity index (χ4v) is 6.78. The minimum atomic E-state index is -0.306. The van der Waals surface area contributed by atoms with E-state index in [1.807, 2.05) is 0 Å². The summed E-state index contributed by atoms with van der Waals surface area (Å²) >= 11 is 6.58. The summed E-state index contributed by atoms with van der Waals surface area (Å²) in [4.78, 5) is 42.2. The first-order valence-corrected chi connectivity index (χ1v) is 13.4. The van der Waals surface area contributed by atoms with Crippen molar-refractivity contribution in [3.63, 3.8) is 0 Å². The lowest BCUT2D eigenvalue weighted by atomic mass is 10.0. The molecule has 2 saturated heterocycles. The third-order valence-electron chi connectivity index (χ3n) is 7.28. The Morgan fingerprint density at radius 1 is 1.14 bits per heavy atom. The van der Waals surface area contributed by atoms with Gasteiger partial charge in [0.25, 0.3) is 0 Å². The van der Waals surface area contributed by atoms with Gasteiger partial charge < -0.3 is 4.90 Å². The maximum Gasteiger partial charge on any atom is 0.243 e. The van der Waals surface area contributed by atoms with Gasteiger partial charge in [0.05, 0.1) is 16.8 Å². The van der Waals surface area contributed by atoms with Gasteiger partial charge in [-0.15, -0.1) is 11.3 Å². The molecule has 2 unspecified atom stereocenters. The van der Waals surface area contributed by atoms with Gasteiger partial charge in [-0.3, -0.25) is 24.7 Å². The number of amides is 2. The summed E-state index contributed by atoms with van der Waals surface area (Å²) in [5, 5.41) is 3.49. The molecule has 5 heterocycles. The molecule has 2 aromatic heterocycles. The molecule has 0 radical (unpaired) electrons. The Balaban J connectivity index is 1.11. The van der Waals surface area contributed by atoms with E-state index in [1.165, 1.54) is 21.6 Å². The van der Waals surface area contributed by atoms with Gasteiger partial charge in [-0.2, -0.15) is 12.6 Å². The predicted octanol–water partition coefficient (Wildman–Crippen LogP) is 2.87. The van der Waals surface area contributed by atoms with Crippen molar-refractivity contribution in [2.45, 2.75) is 44.3 Å². The van der Waals surface area contributed by atoms with Crippen molar-refractivity contribution < 1.29 is 9.59 Å². The number of rotatable bonds is 4. The van der Waals surface area contributed by atoms with E-state index in [-0.39, 0.29) is 23.2 Å². The highest BCUT2D eigenvalue weighted by Crippen LogP contribution is 2.40. The molecule has 0 saturated carbocycles. The first kappa shape index (κ1) is 22.9. The van der Waals surface area contributed by atoms with E-state index in [4.69, 9.17) is 12.6 Å². The number of piperidine rings is 1. The maximum absolute atomic E-state index is 12.4. The first-order chi connectivity index (χ1) is 17.0. The van der Waals surface area contributed by atoms with Gasteiger partial charge in [-0.1, -0.05) is 18.2 Å². The summed E-state index contributed by atoms with van der Waals surface area (Å²) in [6.45, 7) is 7.50. The molecule has 1 aromatic carbocycles. The van der Waals surface area contributed by atoms with Crippen LogP contribution in [0.15, 0.2) is 30.6 Å². The highest BCUT2D eigenvalue weighted by atomic mass is 32.1. The average molecular weight is 509 g/mol. The number of thiophene rings is 1. The lowest BCUT2D eigenvalue weighted by Gasteiger charge is -2.35. The summed E-state index contributed by atoms with van der Waals surface area (Å²) in [6, 6.07) is 8.50. The Hall–Kier alpha value is -2.53. The number of imide groups is 1. The van der Waals surface area contributed by atoms with E-state index in [2.05, 4.69) is 61.2 Å². The number of aryl methyl sites for hydroxylation is 1. The first-order valence-electron chi connectivity index (χ1n) is 12.0. The standard InChI is InChI=1S/C25H28N6O2S2/c1-15-10-19-22(26-14-27-24(19)35-15)30-8-6-29(7-9-30)12-16-2-3-17-13-31(25(34)18(17)11-16)20-4-5-21(32)28-23(20)33/h2-3,10-11,14,20,25,34H,4-9,12-13H2,1H3,(H,28,32,33). The zero-order valence-electron chi connectivity index (χ0n) is 19.6. The van der Waals surface area contributed by atoms with Crippen molar-refractivity contribution >= 4 is 51.8 Å². The zero-order chi connectivity index (χ0) is 24.1. The van der Waals surface area contributed by atoms with Crippen LogP contribution in [0.2, 0.25) is 0 Å². The highest BCUT2D eigenvalue weighted by molar-refractivity contribution is 7.80. The monoisotopic (exact) mass is 508 g/mol. The summed E-state index contributed by atoms with van der Waals surface area (Å²) < 4.78 is 0. The maximum atomic E-state index is 12.4. The van der Waals surface area contributed by atoms with Crippen LogP contribution in [-0.4, -0.2) is 63.8 Å². The van der Waals surface area contributed by atoms with Gasteiger partial charge in [0.1, 0.15) is 17.0 Å². The van der Waals surface area contributed by atoms with Crippen LogP contribution in [-0.2, 0) is 22.7 Å². The second-order valence-electron chi connectivity index (χ2n) is 9.58. The van der Waals surface area contributed by atoms with Crippen molar-refractivity contribution in [3.05, 3.63) is 52.2 Å². The summed E-state index contributed by atoms with van der Waals surface area (Å²) in [6.07, 6.45) is 2.61. The molecule has 10 heteroatoms. The molecule has 2 fully saturated rings. The molecule has 2 amide bonds.